The first-order valence-corrected chi connectivity index (χ1v) is 8.36. The summed E-state index contributed by atoms with van der Waals surface area (Å²) in [6.07, 6.45) is 5.05. The molecule has 0 saturated heterocycles. The highest BCUT2D eigenvalue weighted by molar-refractivity contribution is 7.89. The van der Waals surface area contributed by atoms with Gasteiger partial charge in [0.2, 0.25) is 10.0 Å². The van der Waals surface area contributed by atoms with E-state index in [0.717, 1.165) is 25.7 Å². The van der Waals surface area contributed by atoms with E-state index in [1.165, 1.54) is 19.6 Å². The van der Waals surface area contributed by atoms with Gasteiger partial charge in [-0.15, -0.1) is 0 Å². The normalized spacial score (nSPS) is 18.7. The maximum atomic E-state index is 12.3. The Labute approximate surface area is 120 Å². The van der Waals surface area contributed by atoms with Crippen molar-refractivity contribution >= 4 is 10.0 Å². The lowest BCUT2D eigenvalue weighted by atomic mass is 9.83. The molecular formula is C14H22N2O3S. The van der Waals surface area contributed by atoms with Gasteiger partial charge in [-0.05, 0) is 25.0 Å². The lowest BCUT2D eigenvalue weighted by molar-refractivity contribution is 0.296. The molecule has 6 heteroatoms. The zero-order valence-electron chi connectivity index (χ0n) is 11.8. The van der Waals surface area contributed by atoms with Gasteiger partial charge in [-0.3, -0.25) is 0 Å². The predicted octanol–water partition coefficient (Wildman–Crippen LogP) is 1.64. The van der Waals surface area contributed by atoms with Gasteiger partial charge in [0.1, 0.15) is 5.75 Å². The van der Waals surface area contributed by atoms with Crippen molar-refractivity contribution in [3.05, 3.63) is 24.3 Å². The van der Waals surface area contributed by atoms with Gasteiger partial charge >= 0.3 is 0 Å². The average Bonchev–Trinajstić information content (AvgIpc) is 2.46. The highest BCUT2D eigenvalue weighted by Crippen LogP contribution is 2.26. The molecule has 112 valence electrons. The van der Waals surface area contributed by atoms with Crippen LogP contribution in [0.3, 0.4) is 0 Å². The first kappa shape index (κ1) is 15.3. The Hall–Kier alpha value is -1.11. The summed E-state index contributed by atoms with van der Waals surface area (Å²) in [5.41, 5.74) is 5.84. The third kappa shape index (κ3) is 3.71. The number of hydrogen-bond donors (Lipinski definition) is 2. The van der Waals surface area contributed by atoms with Crippen molar-refractivity contribution in [3.8, 4) is 5.75 Å². The summed E-state index contributed by atoms with van der Waals surface area (Å²) >= 11 is 0. The minimum atomic E-state index is -3.54. The summed E-state index contributed by atoms with van der Waals surface area (Å²) in [6.45, 7) is 0.284. The Balaban J connectivity index is 2.06. The van der Waals surface area contributed by atoms with Gasteiger partial charge in [-0.25, -0.2) is 13.1 Å². The highest BCUT2D eigenvalue weighted by atomic mass is 32.2. The number of methoxy groups -OCH3 is 1. The molecular weight excluding hydrogens is 276 g/mol. The van der Waals surface area contributed by atoms with Crippen molar-refractivity contribution in [2.45, 2.75) is 42.5 Å². The molecule has 2 rings (SSSR count). The fourth-order valence-corrected chi connectivity index (χ4v) is 3.70. The van der Waals surface area contributed by atoms with Crippen LogP contribution in [0.1, 0.15) is 32.1 Å². The molecule has 0 unspecified atom stereocenters. The third-order valence-corrected chi connectivity index (χ3v) is 5.21. The standard InChI is InChI=1S/C14H22N2O3S/c1-19-12-6-5-7-13(10-12)20(17,18)16-11-14(15)8-3-2-4-9-14/h5-7,10,16H,2-4,8-9,11,15H2,1H3. The second kappa shape index (κ2) is 6.11. The molecule has 3 N–H and O–H groups in total. The highest BCUT2D eigenvalue weighted by Gasteiger charge is 2.29. The molecule has 0 spiro atoms. The molecule has 0 amide bonds. The molecule has 1 saturated carbocycles. The van der Waals surface area contributed by atoms with Crippen LogP contribution in [0.4, 0.5) is 0 Å². The number of sulfonamides is 1. The van der Waals surface area contributed by atoms with Crippen LogP contribution < -0.4 is 15.2 Å². The van der Waals surface area contributed by atoms with E-state index >= 15 is 0 Å². The van der Waals surface area contributed by atoms with E-state index in [1.807, 2.05) is 0 Å². The summed E-state index contributed by atoms with van der Waals surface area (Å²) in [6, 6.07) is 6.43. The fourth-order valence-electron chi connectivity index (χ4n) is 2.52. The molecule has 1 fully saturated rings. The van der Waals surface area contributed by atoms with Crippen molar-refractivity contribution in [3.63, 3.8) is 0 Å². The van der Waals surface area contributed by atoms with Crippen LogP contribution in [-0.2, 0) is 10.0 Å². The number of nitrogens with one attached hydrogen (secondary N) is 1. The van der Waals surface area contributed by atoms with Gasteiger partial charge in [0, 0.05) is 18.2 Å². The number of nitrogens with two attached hydrogens (primary N) is 1. The van der Waals surface area contributed by atoms with Gasteiger partial charge in [-0.2, -0.15) is 0 Å². The Morgan fingerprint density at radius 1 is 1.30 bits per heavy atom. The molecule has 0 aliphatic heterocycles. The maximum Gasteiger partial charge on any atom is 0.240 e. The molecule has 20 heavy (non-hydrogen) atoms. The molecule has 1 aliphatic rings. The van der Waals surface area contributed by atoms with Gasteiger partial charge in [-0.1, -0.05) is 25.3 Å². The largest absolute Gasteiger partial charge is 0.497 e. The minimum absolute atomic E-state index is 0.205. The average molecular weight is 298 g/mol. The number of hydrogen-bond acceptors (Lipinski definition) is 4. The van der Waals surface area contributed by atoms with E-state index in [2.05, 4.69) is 4.72 Å². The van der Waals surface area contributed by atoms with Gasteiger partial charge in [0.25, 0.3) is 0 Å². The summed E-state index contributed by atoms with van der Waals surface area (Å²) in [4.78, 5) is 0.205. The molecule has 0 radical (unpaired) electrons. The van der Waals surface area contributed by atoms with Crippen molar-refractivity contribution in [2.24, 2.45) is 5.73 Å². The molecule has 5 nitrogen and oxygen atoms in total. The molecule has 1 aromatic carbocycles. The van der Waals surface area contributed by atoms with Gasteiger partial charge in [0.15, 0.2) is 0 Å². The minimum Gasteiger partial charge on any atom is -0.497 e. The quantitative estimate of drug-likeness (QED) is 0.866. The van der Waals surface area contributed by atoms with Gasteiger partial charge < -0.3 is 10.5 Å². The third-order valence-electron chi connectivity index (χ3n) is 3.82. The summed E-state index contributed by atoms with van der Waals surface area (Å²) in [5, 5.41) is 0. The van der Waals surface area contributed by atoms with Crippen LogP contribution in [-0.4, -0.2) is 27.6 Å². The summed E-state index contributed by atoms with van der Waals surface area (Å²) in [7, 11) is -2.03. The molecule has 0 heterocycles. The van der Waals surface area contributed by atoms with E-state index in [4.69, 9.17) is 10.5 Å². The predicted molar refractivity (Wildman–Crippen MR) is 78.2 cm³/mol. The van der Waals surface area contributed by atoms with Crippen molar-refractivity contribution in [1.82, 2.24) is 4.72 Å². The van der Waals surface area contributed by atoms with E-state index in [9.17, 15) is 8.42 Å². The maximum absolute atomic E-state index is 12.3. The molecule has 1 aliphatic carbocycles. The zero-order chi connectivity index (χ0) is 14.6. The van der Waals surface area contributed by atoms with E-state index < -0.39 is 15.6 Å². The van der Waals surface area contributed by atoms with Crippen molar-refractivity contribution in [1.29, 1.82) is 0 Å². The Kier molecular flexibility index (Phi) is 4.67. The van der Waals surface area contributed by atoms with Crippen LogP contribution in [0.2, 0.25) is 0 Å². The van der Waals surface area contributed by atoms with Crippen LogP contribution in [0.5, 0.6) is 5.75 Å². The van der Waals surface area contributed by atoms with Crippen LogP contribution >= 0.6 is 0 Å². The second-order valence-corrected chi connectivity index (χ2v) is 7.19. The fraction of sp³-hybridized carbons (Fsp3) is 0.571. The van der Waals surface area contributed by atoms with Crippen molar-refractivity contribution < 1.29 is 13.2 Å². The zero-order valence-corrected chi connectivity index (χ0v) is 12.6. The monoisotopic (exact) mass is 298 g/mol. The lowest BCUT2D eigenvalue weighted by Gasteiger charge is -2.33. The Morgan fingerprint density at radius 3 is 2.65 bits per heavy atom. The number of rotatable bonds is 5. The Bertz CT molecular complexity index is 551. The SMILES string of the molecule is COc1cccc(S(=O)(=O)NCC2(N)CCCCC2)c1. The molecule has 0 aromatic heterocycles. The summed E-state index contributed by atoms with van der Waals surface area (Å²) in [5.74, 6) is 0.521. The Morgan fingerprint density at radius 2 is 2.00 bits per heavy atom. The van der Waals surface area contributed by atoms with Crippen LogP contribution in [0, 0.1) is 0 Å². The van der Waals surface area contributed by atoms with Gasteiger partial charge in [0.05, 0.1) is 12.0 Å². The first-order chi connectivity index (χ1) is 9.45. The number of ether oxygens (including phenoxy) is 1. The molecule has 0 atom stereocenters. The smallest absolute Gasteiger partial charge is 0.240 e. The van der Waals surface area contributed by atoms with Crippen LogP contribution in [0.15, 0.2) is 29.2 Å². The van der Waals surface area contributed by atoms with Crippen LogP contribution in [0.25, 0.3) is 0 Å². The van der Waals surface area contributed by atoms with E-state index in [1.54, 1.807) is 18.2 Å². The molecule has 1 aromatic rings. The topological polar surface area (TPSA) is 81.4 Å². The van der Waals surface area contributed by atoms with E-state index in [-0.39, 0.29) is 11.4 Å². The van der Waals surface area contributed by atoms with Crippen molar-refractivity contribution in [2.75, 3.05) is 13.7 Å². The first-order valence-electron chi connectivity index (χ1n) is 6.88. The lowest BCUT2D eigenvalue weighted by Crippen LogP contribution is -2.51. The molecule has 0 bridgehead atoms. The van der Waals surface area contributed by atoms with E-state index in [0.29, 0.717) is 5.75 Å². The number of benzene rings is 1. The summed E-state index contributed by atoms with van der Waals surface area (Å²) < 4.78 is 32.2. The second-order valence-electron chi connectivity index (χ2n) is 5.43.